The molecule has 2 aliphatic carbocycles. The number of hydrogen-bond acceptors (Lipinski definition) is 8. The number of aliphatic hydroxyl groups excluding tert-OH is 2. The minimum atomic E-state index is -0.505. The Morgan fingerprint density at radius 2 is 0.742 bits per heavy atom. The van der Waals surface area contributed by atoms with Crippen molar-refractivity contribution in [3.05, 3.63) is 0 Å². The fraction of sp³-hybridized carbons (Fsp3) is 0.800. The maximum absolute atomic E-state index is 10.2. The third-order valence-corrected chi connectivity index (χ3v) is 5.20. The predicted octanol–water partition coefficient (Wildman–Crippen LogP) is 1.67. The third-order valence-electron chi connectivity index (χ3n) is 5.20. The Kier molecular flexibility index (Phi) is 15.8. The number of carbonyl (C=O) groups excluding carboxylic acids is 4. The summed E-state index contributed by atoms with van der Waals surface area (Å²) in [6, 6.07) is 0. The van der Waals surface area contributed by atoms with Gasteiger partial charge in [-0.2, -0.15) is 10.1 Å². The second-order valence-electron chi connectivity index (χ2n) is 7.78. The molecule has 4 N–H and O–H groups in total. The molecule has 176 valence electrons. The van der Waals surface area contributed by atoms with Crippen LogP contribution in [0.1, 0.15) is 89.9 Å². The fourth-order valence-electron chi connectivity index (χ4n) is 3.29. The van der Waals surface area contributed by atoms with Crippen LogP contribution in [0.3, 0.4) is 0 Å². The van der Waals surface area contributed by atoms with Crippen LogP contribution in [0.5, 0.6) is 0 Å². The standard InChI is InChI=1S/2C6H12O.2C4H5NO3.Ti/c2*7-6-4-2-1-3-5-6;2*6-3-1-2-4(7)5(3)8;/h2*6-7H,1-5H2;2*8H,1-2H2;. The minimum Gasteiger partial charge on any atom is -0.393 e. The van der Waals surface area contributed by atoms with E-state index in [1.165, 1.54) is 38.5 Å². The zero-order valence-electron chi connectivity index (χ0n) is 17.9. The number of hydroxylamine groups is 4. The number of nitrogens with zero attached hydrogens (tertiary/aromatic N) is 2. The summed E-state index contributed by atoms with van der Waals surface area (Å²) in [7, 11) is 0. The molecular weight excluding hydrogens is 444 g/mol. The van der Waals surface area contributed by atoms with Gasteiger partial charge >= 0.3 is 0 Å². The topological polar surface area (TPSA) is 156 Å². The molecule has 0 spiro atoms. The van der Waals surface area contributed by atoms with Gasteiger partial charge in [0.1, 0.15) is 0 Å². The molecule has 0 radical (unpaired) electrons. The Hall–Kier alpha value is -1.17. The SMILES string of the molecule is O=C1CCC(=O)N1O.O=C1CCC(=O)N1O.OC1CCCCC1.OC1CCCCC1.[Ti]. The maximum Gasteiger partial charge on any atom is 0.253 e. The molecule has 2 saturated carbocycles. The van der Waals surface area contributed by atoms with Gasteiger partial charge in [-0.3, -0.25) is 29.6 Å². The first kappa shape index (κ1) is 29.8. The molecule has 2 aliphatic heterocycles. The molecule has 2 heterocycles. The summed E-state index contributed by atoms with van der Waals surface area (Å²) in [4.78, 5) is 41.0. The van der Waals surface area contributed by atoms with Crippen molar-refractivity contribution in [2.75, 3.05) is 0 Å². The number of aliphatic hydroxyl groups is 2. The summed E-state index contributed by atoms with van der Waals surface area (Å²) in [5, 5.41) is 35.0. The van der Waals surface area contributed by atoms with Crippen molar-refractivity contribution in [3.8, 4) is 0 Å². The number of rotatable bonds is 0. The van der Waals surface area contributed by atoms with E-state index in [9.17, 15) is 19.2 Å². The number of hydrogen-bond donors (Lipinski definition) is 4. The van der Waals surface area contributed by atoms with Gasteiger partial charge in [-0.1, -0.05) is 38.5 Å². The van der Waals surface area contributed by atoms with Crippen molar-refractivity contribution >= 4 is 23.6 Å². The summed E-state index contributed by atoms with van der Waals surface area (Å²) < 4.78 is 0. The normalized spacial score (nSPS) is 21.9. The minimum absolute atomic E-state index is 0. The molecule has 0 aromatic carbocycles. The van der Waals surface area contributed by atoms with Gasteiger partial charge in [-0.15, -0.1) is 0 Å². The molecule has 4 amide bonds. The first-order valence-corrected chi connectivity index (χ1v) is 10.7. The van der Waals surface area contributed by atoms with Crippen molar-refractivity contribution in [2.24, 2.45) is 0 Å². The van der Waals surface area contributed by atoms with E-state index in [2.05, 4.69) is 0 Å². The van der Waals surface area contributed by atoms with Crippen LogP contribution >= 0.6 is 0 Å². The van der Waals surface area contributed by atoms with Crippen molar-refractivity contribution < 1.29 is 61.5 Å². The molecule has 0 unspecified atom stereocenters. The molecular formula is C20H34N2O8Ti. The van der Waals surface area contributed by atoms with Crippen molar-refractivity contribution in [1.82, 2.24) is 10.1 Å². The van der Waals surface area contributed by atoms with Crippen molar-refractivity contribution in [1.29, 1.82) is 0 Å². The zero-order valence-corrected chi connectivity index (χ0v) is 19.4. The Morgan fingerprint density at radius 1 is 0.516 bits per heavy atom. The number of carbonyl (C=O) groups is 4. The van der Waals surface area contributed by atoms with E-state index in [0.717, 1.165) is 25.7 Å². The maximum atomic E-state index is 10.2. The van der Waals surface area contributed by atoms with Gasteiger partial charge in [-0.25, -0.2) is 0 Å². The van der Waals surface area contributed by atoms with Gasteiger partial charge in [0.25, 0.3) is 23.6 Å². The molecule has 0 aromatic heterocycles. The van der Waals surface area contributed by atoms with Crippen molar-refractivity contribution in [3.63, 3.8) is 0 Å². The molecule has 4 aliphatic rings. The molecule has 11 heteroatoms. The molecule has 31 heavy (non-hydrogen) atoms. The van der Waals surface area contributed by atoms with E-state index in [1.54, 1.807) is 0 Å². The summed E-state index contributed by atoms with van der Waals surface area (Å²) >= 11 is 0. The summed E-state index contributed by atoms with van der Waals surface area (Å²) in [5.74, 6) is -2.02. The van der Waals surface area contributed by atoms with Crippen LogP contribution < -0.4 is 0 Å². The second-order valence-corrected chi connectivity index (χ2v) is 7.78. The van der Waals surface area contributed by atoms with Crippen LogP contribution in [0.15, 0.2) is 0 Å². The first-order chi connectivity index (χ1) is 14.2. The van der Waals surface area contributed by atoms with Crippen LogP contribution in [0, 0.1) is 0 Å². The zero-order chi connectivity index (χ0) is 22.5. The van der Waals surface area contributed by atoms with Gasteiger partial charge < -0.3 is 10.2 Å². The summed E-state index contributed by atoms with van der Waals surface area (Å²) in [5.41, 5.74) is 0. The molecule has 4 fully saturated rings. The molecule has 2 saturated heterocycles. The Bertz CT molecular complexity index is 496. The molecule has 10 nitrogen and oxygen atoms in total. The quantitative estimate of drug-likeness (QED) is 0.233. The Labute approximate surface area is 197 Å². The Balaban J connectivity index is 0.000000384. The number of imide groups is 2. The molecule has 4 rings (SSSR count). The van der Waals surface area contributed by atoms with Gasteiger partial charge in [0.05, 0.1) is 12.2 Å². The van der Waals surface area contributed by atoms with Crippen molar-refractivity contribution in [2.45, 2.75) is 102 Å². The average Bonchev–Trinajstić information content (AvgIpc) is 3.20. The molecule has 0 atom stereocenters. The number of amides is 4. The van der Waals surface area contributed by atoms with Crippen LogP contribution in [-0.2, 0) is 40.9 Å². The van der Waals surface area contributed by atoms with E-state index in [-0.39, 0.29) is 69.7 Å². The summed E-state index contributed by atoms with van der Waals surface area (Å²) in [6.45, 7) is 0. The van der Waals surface area contributed by atoms with Crippen LogP contribution in [0.4, 0.5) is 0 Å². The Morgan fingerprint density at radius 3 is 0.839 bits per heavy atom. The van der Waals surface area contributed by atoms with Crippen LogP contribution in [0.2, 0.25) is 0 Å². The largest absolute Gasteiger partial charge is 0.393 e. The van der Waals surface area contributed by atoms with E-state index in [1.807, 2.05) is 0 Å². The third kappa shape index (κ3) is 12.5. The predicted molar refractivity (Wildman–Crippen MR) is 104 cm³/mol. The summed E-state index contributed by atoms with van der Waals surface area (Å²) in [6.07, 6.45) is 12.4. The first-order valence-electron chi connectivity index (χ1n) is 10.7. The monoisotopic (exact) mass is 478 g/mol. The van der Waals surface area contributed by atoms with Gasteiger partial charge in [0, 0.05) is 47.4 Å². The van der Waals surface area contributed by atoms with E-state index < -0.39 is 23.6 Å². The fourth-order valence-corrected chi connectivity index (χ4v) is 3.29. The van der Waals surface area contributed by atoms with E-state index >= 15 is 0 Å². The average molecular weight is 478 g/mol. The van der Waals surface area contributed by atoms with Crippen LogP contribution in [-0.4, -0.2) is 66.6 Å². The van der Waals surface area contributed by atoms with Gasteiger partial charge in [0.15, 0.2) is 0 Å². The van der Waals surface area contributed by atoms with Gasteiger partial charge in [-0.05, 0) is 25.7 Å². The van der Waals surface area contributed by atoms with Gasteiger partial charge in [0.2, 0.25) is 0 Å². The van der Waals surface area contributed by atoms with E-state index in [0.29, 0.717) is 0 Å². The van der Waals surface area contributed by atoms with E-state index in [4.69, 9.17) is 20.6 Å². The molecule has 0 bridgehead atoms. The second kappa shape index (κ2) is 16.5. The molecule has 0 aromatic rings. The smallest absolute Gasteiger partial charge is 0.253 e. The van der Waals surface area contributed by atoms with Crippen LogP contribution in [0.25, 0.3) is 0 Å².